The highest BCUT2D eigenvalue weighted by atomic mass is 35.5. The van der Waals surface area contributed by atoms with E-state index in [1.807, 2.05) is 6.92 Å². The van der Waals surface area contributed by atoms with Gasteiger partial charge < -0.3 is 5.32 Å². The van der Waals surface area contributed by atoms with Crippen molar-refractivity contribution in [1.29, 1.82) is 0 Å². The van der Waals surface area contributed by atoms with E-state index >= 15 is 0 Å². The van der Waals surface area contributed by atoms with E-state index in [1.165, 1.54) is 6.07 Å². The highest BCUT2D eigenvalue weighted by Gasteiger charge is 2.06. The fraction of sp³-hybridized carbons (Fsp3) is 0.500. The molecule has 2 unspecified atom stereocenters. The largest absolute Gasteiger partial charge is 0.313 e. The smallest absolute Gasteiger partial charge is 0.129 e. The van der Waals surface area contributed by atoms with Gasteiger partial charge in [0.1, 0.15) is 5.82 Å². The molecule has 1 aromatic carbocycles. The van der Waals surface area contributed by atoms with Crippen molar-refractivity contribution in [2.75, 3.05) is 12.8 Å². The third kappa shape index (κ3) is 5.15. The summed E-state index contributed by atoms with van der Waals surface area (Å²) in [6, 6.07) is 4.65. The Labute approximate surface area is 109 Å². The lowest BCUT2D eigenvalue weighted by molar-refractivity contribution is 0.579. The van der Waals surface area contributed by atoms with Gasteiger partial charge in [-0.25, -0.2) is 4.39 Å². The van der Waals surface area contributed by atoms with E-state index in [-0.39, 0.29) is 11.1 Å². The number of hydrogen-bond acceptors (Lipinski definition) is 2. The Balaban J connectivity index is 2.34. The quantitative estimate of drug-likeness (QED) is 0.810. The summed E-state index contributed by atoms with van der Waals surface area (Å²) >= 11 is 5.66. The van der Waals surface area contributed by atoms with E-state index in [4.69, 9.17) is 11.6 Å². The van der Waals surface area contributed by atoms with E-state index in [9.17, 15) is 8.60 Å². The van der Waals surface area contributed by atoms with Crippen LogP contribution in [0.5, 0.6) is 0 Å². The molecule has 0 saturated carbocycles. The average Bonchev–Trinajstić information content (AvgIpc) is 2.26. The molecule has 1 aromatic rings. The molecular weight excluding hydrogens is 261 g/mol. The van der Waals surface area contributed by atoms with Gasteiger partial charge in [0, 0.05) is 39.4 Å². The fourth-order valence-electron chi connectivity index (χ4n) is 1.36. The van der Waals surface area contributed by atoms with Crippen molar-refractivity contribution in [3.05, 3.63) is 34.6 Å². The average molecular weight is 278 g/mol. The molecule has 0 heterocycles. The minimum absolute atomic E-state index is 0.164. The second-order valence-electron chi connectivity index (χ2n) is 4.01. The summed E-state index contributed by atoms with van der Waals surface area (Å²) < 4.78 is 24.5. The predicted molar refractivity (Wildman–Crippen MR) is 71.3 cm³/mol. The molecule has 0 saturated heterocycles. The van der Waals surface area contributed by atoms with Crippen molar-refractivity contribution < 1.29 is 8.60 Å². The van der Waals surface area contributed by atoms with Crippen LogP contribution < -0.4 is 5.32 Å². The third-order valence-corrected chi connectivity index (χ3v) is 4.23. The summed E-state index contributed by atoms with van der Waals surface area (Å²) in [5.74, 6) is -0.294. The fourth-order valence-corrected chi connectivity index (χ4v) is 1.97. The Morgan fingerprint density at radius 2 is 2.24 bits per heavy atom. The first-order chi connectivity index (χ1) is 8.00. The van der Waals surface area contributed by atoms with Gasteiger partial charge in [-0.1, -0.05) is 24.6 Å². The summed E-state index contributed by atoms with van der Waals surface area (Å²) in [4.78, 5) is 0. The standard InChI is InChI=1S/C12H17ClFNOS/c1-9(17(2)16)5-6-15-8-10-3-4-11(13)7-12(10)14/h3-4,7,9,15H,5-6,8H2,1-2H3. The lowest BCUT2D eigenvalue weighted by atomic mass is 10.2. The van der Waals surface area contributed by atoms with E-state index < -0.39 is 10.8 Å². The summed E-state index contributed by atoms with van der Waals surface area (Å²) in [6.45, 7) is 3.13. The zero-order valence-electron chi connectivity index (χ0n) is 10.0. The van der Waals surface area contributed by atoms with Crippen molar-refractivity contribution >= 4 is 22.4 Å². The zero-order valence-corrected chi connectivity index (χ0v) is 11.6. The summed E-state index contributed by atoms with van der Waals surface area (Å²) in [5.41, 5.74) is 0.597. The van der Waals surface area contributed by atoms with Crippen LogP contribution in [-0.4, -0.2) is 22.3 Å². The van der Waals surface area contributed by atoms with Crippen LogP contribution in [0.3, 0.4) is 0 Å². The van der Waals surface area contributed by atoms with Gasteiger partial charge in [0.15, 0.2) is 0 Å². The topological polar surface area (TPSA) is 29.1 Å². The Morgan fingerprint density at radius 3 is 2.82 bits per heavy atom. The summed E-state index contributed by atoms with van der Waals surface area (Å²) in [7, 11) is -0.797. The molecule has 0 aromatic heterocycles. The lowest BCUT2D eigenvalue weighted by Gasteiger charge is -2.09. The Bertz CT molecular complexity index is 400. The maximum absolute atomic E-state index is 13.4. The zero-order chi connectivity index (χ0) is 12.8. The van der Waals surface area contributed by atoms with Crippen LogP contribution in [0.2, 0.25) is 5.02 Å². The van der Waals surface area contributed by atoms with E-state index in [1.54, 1.807) is 18.4 Å². The molecule has 0 bridgehead atoms. The van der Waals surface area contributed by atoms with Gasteiger partial charge in [-0.15, -0.1) is 0 Å². The second kappa shape index (κ2) is 7.09. The van der Waals surface area contributed by atoms with Crippen molar-refractivity contribution in [3.63, 3.8) is 0 Å². The number of rotatable bonds is 6. The van der Waals surface area contributed by atoms with E-state index in [2.05, 4.69) is 5.32 Å². The number of hydrogen-bond donors (Lipinski definition) is 1. The highest BCUT2D eigenvalue weighted by Crippen LogP contribution is 2.14. The Hall–Kier alpha value is -0.450. The van der Waals surface area contributed by atoms with Crippen LogP contribution in [0, 0.1) is 5.82 Å². The minimum Gasteiger partial charge on any atom is -0.313 e. The van der Waals surface area contributed by atoms with Gasteiger partial charge in [0.2, 0.25) is 0 Å². The van der Waals surface area contributed by atoms with Crippen LogP contribution in [0.1, 0.15) is 18.9 Å². The predicted octanol–water partition coefficient (Wildman–Crippen LogP) is 2.73. The maximum atomic E-state index is 13.4. The van der Waals surface area contributed by atoms with E-state index in [0.717, 1.165) is 13.0 Å². The molecule has 2 nitrogen and oxygen atoms in total. The summed E-state index contributed by atoms with van der Waals surface area (Å²) in [5, 5.41) is 3.70. The number of nitrogens with one attached hydrogen (secondary N) is 1. The molecule has 1 rings (SSSR count). The van der Waals surface area contributed by atoms with Gasteiger partial charge in [0.25, 0.3) is 0 Å². The van der Waals surface area contributed by atoms with Gasteiger partial charge in [0.05, 0.1) is 0 Å². The van der Waals surface area contributed by atoms with Gasteiger partial charge in [-0.2, -0.15) is 0 Å². The van der Waals surface area contributed by atoms with Crippen molar-refractivity contribution in [1.82, 2.24) is 5.32 Å². The first-order valence-corrected chi connectivity index (χ1v) is 7.47. The van der Waals surface area contributed by atoms with Gasteiger partial charge >= 0.3 is 0 Å². The van der Waals surface area contributed by atoms with Crippen LogP contribution in [0.4, 0.5) is 4.39 Å². The van der Waals surface area contributed by atoms with E-state index in [0.29, 0.717) is 17.1 Å². The molecule has 1 N–H and O–H groups in total. The molecule has 0 aliphatic rings. The third-order valence-electron chi connectivity index (χ3n) is 2.62. The molecule has 5 heteroatoms. The first-order valence-electron chi connectivity index (χ1n) is 5.47. The van der Waals surface area contributed by atoms with Crippen LogP contribution in [0.15, 0.2) is 18.2 Å². The molecule has 0 amide bonds. The van der Waals surface area contributed by atoms with Gasteiger partial charge in [-0.05, 0) is 25.1 Å². The number of benzene rings is 1. The number of halogens is 2. The normalized spacial score (nSPS) is 14.6. The van der Waals surface area contributed by atoms with Crippen LogP contribution >= 0.6 is 11.6 Å². The summed E-state index contributed by atoms with van der Waals surface area (Å²) in [6.07, 6.45) is 2.52. The van der Waals surface area contributed by atoms with Gasteiger partial charge in [-0.3, -0.25) is 4.21 Å². The van der Waals surface area contributed by atoms with Crippen LogP contribution in [-0.2, 0) is 17.3 Å². The molecule has 0 spiro atoms. The molecular formula is C12H17ClFNOS. The Morgan fingerprint density at radius 1 is 1.53 bits per heavy atom. The maximum Gasteiger partial charge on any atom is 0.129 e. The monoisotopic (exact) mass is 277 g/mol. The minimum atomic E-state index is -0.797. The van der Waals surface area contributed by atoms with Crippen molar-refractivity contribution in [3.8, 4) is 0 Å². The molecule has 96 valence electrons. The second-order valence-corrected chi connectivity index (χ2v) is 6.25. The van der Waals surface area contributed by atoms with Crippen molar-refractivity contribution in [2.24, 2.45) is 0 Å². The lowest BCUT2D eigenvalue weighted by Crippen LogP contribution is -2.21. The SMILES string of the molecule is CC(CCNCc1ccc(Cl)cc1F)S(C)=O. The molecule has 0 fully saturated rings. The molecule has 2 atom stereocenters. The molecule has 0 aliphatic carbocycles. The molecule has 0 aliphatic heterocycles. The van der Waals surface area contributed by atoms with Crippen LogP contribution in [0.25, 0.3) is 0 Å². The Kier molecular flexibility index (Phi) is 6.09. The molecule has 0 radical (unpaired) electrons. The molecule has 17 heavy (non-hydrogen) atoms. The first kappa shape index (κ1) is 14.6. The van der Waals surface area contributed by atoms with Crippen molar-refractivity contribution in [2.45, 2.75) is 25.1 Å². The highest BCUT2D eigenvalue weighted by molar-refractivity contribution is 7.84.